The van der Waals surface area contributed by atoms with Gasteiger partial charge < -0.3 is 15.0 Å². The fourth-order valence-corrected chi connectivity index (χ4v) is 2.98. The summed E-state index contributed by atoms with van der Waals surface area (Å²) in [5, 5.41) is 2.84. The molecule has 0 aliphatic carbocycles. The van der Waals surface area contributed by atoms with Gasteiger partial charge in [-0.3, -0.25) is 4.79 Å². The number of nitrogens with one attached hydrogen (secondary N) is 1. The van der Waals surface area contributed by atoms with Gasteiger partial charge in [0, 0.05) is 26.1 Å². The maximum atomic E-state index is 12.3. The number of likely N-dealkylation sites (tertiary alicyclic amines) is 1. The van der Waals surface area contributed by atoms with Crippen LogP contribution < -0.4 is 5.32 Å². The Hall–Kier alpha value is -2.04. The quantitative estimate of drug-likeness (QED) is 0.889. The van der Waals surface area contributed by atoms with E-state index in [2.05, 4.69) is 17.4 Å². The average Bonchev–Trinajstić information content (AvgIpc) is 2.58. The molecule has 1 aliphatic rings. The lowest BCUT2D eigenvalue weighted by Gasteiger charge is -2.32. The maximum Gasteiger partial charge on any atom is 0.407 e. The zero-order valence-electron chi connectivity index (χ0n) is 15.6. The molecule has 1 fully saturated rings. The van der Waals surface area contributed by atoms with E-state index in [0.29, 0.717) is 18.9 Å². The van der Waals surface area contributed by atoms with E-state index in [1.54, 1.807) is 0 Å². The SMILES string of the molecule is CC(C)(C)OC(=O)NCC1CCN(C(=O)CCc2ccccc2)CC1. The normalized spacial score (nSPS) is 15.7. The molecule has 1 aromatic rings. The van der Waals surface area contributed by atoms with Crippen LogP contribution in [0.4, 0.5) is 4.79 Å². The van der Waals surface area contributed by atoms with E-state index in [9.17, 15) is 9.59 Å². The fraction of sp³-hybridized carbons (Fsp3) is 0.600. The van der Waals surface area contributed by atoms with Crippen LogP contribution >= 0.6 is 0 Å². The van der Waals surface area contributed by atoms with Gasteiger partial charge in [0.15, 0.2) is 0 Å². The molecule has 0 aromatic heterocycles. The van der Waals surface area contributed by atoms with Crippen molar-refractivity contribution in [1.82, 2.24) is 10.2 Å². The average molecular weight is 346 g/mol. The first-order valence-electron chi connectivity index (χ1n) is 9.12. The lowest BCUT2D eigenvalue weighted by Crippen LogP contribution is -2.42. The van der Waals surface area contributed by atoms with Gasteiger partial charge in [0.05, 0.1) is 0 Å². The smallest absolute Gasteiger partial charge is 0.407 e. The number of rotatable bonds is 5. The molecule has 5 nitrogen and oxygen atoms in total. The number of benzene rings is 1. The Bertz CT molecular complexity index is 558. The molecule has 0 radical (unpaired) electrons. The highest BCUT2D eigenvalue weighted by Gasteiger charge is 2.23. The first-order chi connectivity index (χ1) is 11.8. The number of aryl methyl sites for hydroxylation is 1. The summed E-state index contributed by atoms with van der Waals surface area (Å²) >= 11 is 0. The molecular weight excluding hydrogens is 316 g/mol. The topological polar surface area (TPSA) is 58.6 Å². The number of alkyl carbamates (subject to hydrolysis) is 1. The van der Waals surface area contributed by atoms with Crippen LogP contribution in [0.15, 0.2) is 30.3 Å². The molecule has 1 N–H and O–H groups in total. The van der Waals surface area contributed by atoms with Gasteiger partial charge in [-0.25, -0.2) is 4.79 Å². The molecule has 1 aromatic carbocycles. The molecule has 1 aliphatic heterocycles. The van der Waals surface area contributed by atoms with Crippen molar-refractivity contribution in [2.24, 2.45) is 5.92 Å². The monoisotopic (exact) mass is 346 g/mol. The van der Waals surface area contributed by atoms with E-state index < -0.39 is 5.60 Å². The lowest BCUT2D eigenvalue weighted by atomic mass is 9.96. The lowest BCUT2D eigenvalue weighted by molar-refractivity contribution is -0.132. The molecule has 0 saturated carbocycles. The van der Waals surface area contributed by atoms with Gasteiger partial charge in [-0.15, -0.1) is 0 Å². The van der Waals surface area contributed by atoms with Gasteiger partial charge in [-0.1, -0.05) is 30.3 Å². The van der Waals surface area contributed by atoms with Crippen molar-refractivity contribution in [2.75, 3.05) is 19.6 Å². The van der Waals surface area contributed by atoms with Crippen LogP contribution in [-0.4, -0.2) is 42.1 Å². The van der Waals surface area contributed by atoms with Crippen molar-refractivity contribution >= 4 is 12.0 Å². The second-order valence-electron chi connectivity index (χ2n) is 7.69. The van der Waals surface area contributed by atoms with Crippen molar-refractivity contribution in [2.45, 2.75) is 52.1 Å². The third-order valence-corrected chi connectivity index (χ3v) is 4.37. The number of amides is 2. The summed E-state index contributed by atoms with van der Waals surface area (Å²) in [4.78, 5) is 26.0. The van der Waals surface area contributed by atoms with Gasteiger partial charge in [-0.05, 0) is 51.5 Å². The highest BCUT2D eigenvalue weighted by molar-refractivity contribution is 5.76. The summed E-state index contributed by atoms with van der Waals surface area (Å²) in [7, 11) is 0. The first-order valence-corrected chi connectivity index (χ1v) is 9.12. The molecule has 5 heteroatoms. The van der Waals surface area contributed by atoms with E-state index in [1.807, 2.05) is 43.9 Å². The van der Waals surface area contributed by atoms with Gasteiger partial charge in [0.2, 0.25) is 5.91 Å². The van der Waals surface area contributed by atoms with E-state index in [-0.39, 0.29) is 12.0 Å². The maximum absolute atomic E-state index is 12.3. The zero-order valence-corrected chi connectivity index (χ0v) is 15.6. The number of carbonyl (C=O) groups excluding carboxylic acids is 2. The van der Waals surface area contributed by atoms with Crippen LogP contribution in [0.5, 0.6) is 0 Å². The molecule has 25 heavy (non-hydrogen) atoms. The Morgan fingerprint density at radius 1 is 1.16 bits per heavy atom. The number of ether oxygens (including phenoxy) is 1. The molecular formula is C20H30N2O3. The van der Waals surface area contributed by atoms with Gasteiger partial charge in [0.25, 0.3) is 0 Å². The molecule has 2 rings (SSSR count). The molecule has 2 amide bonds. The standard InChI is InChI=1S/C20H30N2O3/c1-20(2,3)25-19(24)21-15-17-11-13-22(14-12-17)18(23)10-9-16-7-5-4-6-8-16/h4-8,17H,9-15H2,1-3H3,(H,21,24). The predicted octanol–water partition coefficient (Wildman–Crippen LogP) is 3.38. The van der Waals surface area contributed by atoms with Crippen molar-refractivity contribution in [1.29, 1.82) is 0 Å². The predicted molar refractivity (Wildman–Crippen MR) is 98.3 cm³/mol. The number of nitrogens with zero attached hydrogens (tertiary/aromatic N) is 1. The summed E-state index contributed by atoms with van der Waals surface area (Å²) in [6.07, 6.45) is 2.83. The molecule has 1 saturated heterocycles. The van der Waals surface area contributed by atoms with Crippen molar-refractivity contribution in [3.8, 4) is 0 Å². The number of carbonyl (C=O) groups is 2. The van der Waals surface area contributed by atoms with Crippen LogP contribution in [0.25, 0.3) is 0 Å². The second kappa shape index (κ2) is 8.88. The Morgan fingerprint density at radius 2 is 1.80 bits per heavy atom. The molecule has 1 heterocycles. The highest BCUT2D eigenvalue weighted by atomic mass is 16.6. The zero-order chi connectivity index (χ0) is 18.3. The van der Waals surface area contributed by atoms with Crippen LogP contribution in [0.3, 0.4) is 0 Å². The highest BCUT2D eigenvalue weighted by Crippen LogP contribution is 2.18. The minimum absolute atomic E-state index is 0.224. The van der Waals surface area contributed by atoms with E-state index in [1.165, 1.54) is 5.56 Å². The van der Waals surface area contributed by atoms with Crippen molar-refractivity contribution < 1.29 is 14.3 Å². The minimum Gasteiger partial charge on any atom is -0.444 e. The Morgan fingerprint density at radius 3 is 2.40 bits per heavy atom. The summed E-state index contributed by atoms with van der Waals surface area (Å²) in [5.41, 5.74) is 0.728. The Labute approximate surface area is 150 Å². The third kappa shape index (κ3) is 7.16. The van der Waals surface area contributed by atoms with E-state index in [4.69, 9.17) is 4.74 Å². The van der Waals surface area contributed by atoms with Gasteiger partial charge in [-0.2, -0.15) is 0 Å². The van der Waals surface area contributed by atoms with Gasteiger partial charge in [0.1, 0.15) is 5.60 Å². The third-order valence-electron chi connectivity index (χ3n) is 4.37. The number of hydrogen-bond donors (Lipinski definition) is 1. The van der Waals surface area contributed by atoms with Crippen LogP contribution in [0.1, 0.15) is 45.6 Å². The Balaban J connectivity index is 1.65. The van der Waals surface area contributed by atoms with E-state index in [0.717, 1.165) is 32.4 Å². The fourth-order valence-electron chi connectivity index (χ4n) is 2.98. The minimum atomic E-state index is -0.474. The first kappa shape index (κ1) is 19.3. The van der Waals surface area contributed by atoms with Crippen LogP contribution in [-0.2, 0) is 16.0 Å². The molecule has 0 unspecified atom stereocenters. The molecule has 138 valence electrons. The summed E-state index contributed by atoms with van der Waals surface area (Å²) < 4.78 is 5.25. The van der Waals surface area contributed by atoms with Gasteiger partial charge >= 0.3 is 6.09 Å². The molecule has 0 spiro atoms. The van der Waals surface area contributed by atoms with Crippen molar-refractivity contribution in [3.05, 3.63) is 35.9 Å². The summed E-state index contributed by atoms with van der Waals surface area (Å²) in [5.74, 6) is 0.632. The molecule has 0 atom stereocenters. The van der Waals surface area contributed by atoms with Crippen molar-refractivity contribution in [3.63, 3.8) is 0 Å². The Kier molecular flexibility index (Phi) is 6.85. The summed E-state index contributed by atoms with van der Waals surface area (Å²) in [6, 6.07) is 10.1. The second-order valence-corrected chi connectivity index (χ2v) is 7.69. The van der Waals surface area contributed by atoms with Crippen LogP contribution in [0.2, 0.25) is 0 Å². The van der Waals surface area contributed by atoms with Crippen LogP contribution in [0, 0.1) is 5.92 Å². The molecule has 0 bridgehead atoms. The number of hydrogen-bond acceptors (Lipinski definition) is 3. The summed E-state index contributed by atoms with van der Waals surface area (Å²) in [6.45, 7) is 7.72. The number of piperidine rings is 1. The largest absolute Gasteiger partial charge is 0.444 e. The van der Waals surface area contributed by atoms with E-state index >= 15 is 0 Å².